The maximum absolute atomic E-state index is 12.1. The first-order valence-corrected chi connectivity index (χ1v) is 19.8. The number of ether oxygens (including phenoxy) is 2. The van der Waals surface area contributed by atoms with Crippen LogP contribution in [-0.2, 0) is 19.1 Å². The summed E-state index contributed by atoms with van der Waals surface area (Å²) in [7, 11) is 0. The summed E-state index contributed by atoms with van der Waals surface area (Å²) in [5, 5.41) is 9.54. The molecule has 0 radical (unpaired) electrons. The smallest absolute Gasteiger partial charge is 0.306 e. The Morgan fingerprint density at radius 3 is 1.32 bits per heavy atom. The van der Waals surface area contributed by atoms with Crippen molar-refractivity contribution in [2.45, 2.75) is 161 Å². The van der Waals surface area contributed by atoms with Gasteiger partial charge in [-0.2, -0.15) is 0 Å². The Morgan fingerprint density at radius 1 is 0.460 bits per heavy atom. The molecule has 0 spiro atoms. The minimum absolute atomic E-state index is 0.128. The lowest BCUT2D eigenvalue weighted by Gasteiger charge is -2.15. The van der Waals surface area contributed by atoms with E-state index in [1.807, 2.05) is 12.2 Å². The monoisotopic (exact) mass is 693 g/mol. The number of esters is 2. The van der Waals surface area contributed by atoms with E-state index >= 15 is 0 Å². The normalized spacial score (nSPS) is 13.3. The zero-order valence-electron chi connectivity index (χ0n) is 31.9. The number of carbonyl (C=O) groups excluding carboxylic acids is 2. The molecule has 0 aromatic carbocycles. The highest BCUT2D eigenvalue weighted by Crippen LogP contribution is 2.08. The van der Waals surface area contributed by atoms with E-state index in [-0.39, 0.29) is 25.6 Å². The van der Waals surface area contributed by atoms with E-state index < -0.39 is 12.1 Å². The average molecular weight is 693 g/mol. The van der Waals surface area contributed by atoms with Crippen molar-refractivity contribution in [1.29, 1.82) is 0 Å². The second-order valence-corrected chi connectivity index (χ2v) is 12.6. The molecule has 5 heteroatoms. The van der Waals surface area contributed by atoms with Crippen molar-refractivity contribution in [1.82, 2.24) is 0 Å². The van der Waals surface area contributed by atoms with Crippen molar-refractivity contribution in [3.8, 4) is 0 Å². The van der Waals surface area contributed by atoms with Crippen molar-refractivity contribution in [2.24, 2.45) is 0 Å². The minimum Gasteiger partial charge on any atom is -0.462 e. The Kier molecular flexibility index (Phi) is 37.7. The maximum atomic E-state index is 12.1. The largest absolute Gasteiger partial charge is 0.462 e. The maximum Gasteiger partial charge on any atom is 0.306 e. The average Bonchev–Trinajstić information content (AvgIpc) is 3.12. The summed E-state index contributed by atoms with van der Waals surface area (Å²) in [6.07, 6.45) is 56.2. The minimum atomic E-state index is -0.837. The van der Waals surface area contributed by atoms with Crippen molar-refractivity contribution in [2.75, 3.05) is 13.2 Å². The van der Waals surface area contributed by atoms with Gasteiger partial charge in [-0.25, -0.2) is 0 Å². The van der Waals surface area contributed by atoms with Gasteiger partial charge in [0, 0.05) is 12.8 Å². The topological polar surface area (TPSA) is 72.8 Å². The van der Waals surface area contributed by atoms with Crippen molar-refractivity contribution >= 4 is 11.9 Å². The van der Waals surface area contributed by atoms with Crippen molar-refractivity contribution in [3.63, 3.8) is 0 Å². The molecule has 0 bridgehead atoms. The van der Waals surface area contributed by atoms with Gasteiger partial charge in [0.05, 0.1) is 6.61 Å². The Morgan fingerprint density at radius 2 is 0.840 bits per heavy atom. The van der Waals surface area contributed by atoms with Gasteiger partial charge in [0.25, 0.3) is 0 Å². The van der Waals surface area contributed by atoms with Crippen molar-refractivity contribution in [3.05, 3.63) is 97.2 Å². The summed E-state index contributed by atoms with van der Waals surface area (Å²) in [5.41, 5.74) is 0. The molecule has 1 N–H and O–H groups in total. The predicted octanol–water partition coefficient (Wildman–Crippen LogP) is 12.5. The fraction of sp³-hybridized carbons (Fsp3) is 0.600. The molecule has 1 atom stereocenters. The summed E-state index contributed by atoms with van der Waals surface area (Å²) in [6, 6.07) is 0. The Bertz CT molecular complexity index is 1010. The van der Waals surface area contributed by atoms with Crippen LogP contribution in [0.25, 0.3) is 0 Å². The van der Waals surface area contributed by atoms with Gasteiger partial charge in [-0.1, -0.05) is 156 Å². The predicted molar refractivity (Wildman–Crippen MR) is 214 cm³/mol. The van der Waals surface area contributed by atoms with Crippen LogP contribution in [0.2, 0.25) is 0 Å². The van der Waals surface area contributed by atoms with Crippen LogP contribution in [-0.4, -0.2) is 36.4 Å². The van der Waals surface area contributed by atoms with Crippen LogP contribution < -0.4 is 0 Å². The van der Waals surface area contributed by atoms with E-state index in [9.17, 15) is 14.7 Å². The SMILES string of the molecule is CCCCC/C=C\C/C=C\C/C=C\C/C=C\C/C=C\CCC(=O)O[C@@H](CO)COC(=O)CCC/C=C\C/C=C\C/C=C\CCCCCCCC. The summed E-state index contributed by atoms with van der Waals surface area (Å²) in [5.74, 6) is -0.758. The third-order valence-corrected chi connectivity index (χ3v) is 7.86. The lowest BCUT2D eigenvalue weighted by atomic mass is 10.1. The molecular weight excluding hydrogens is 620 g/mol. The molecule has 0 rings (SSSR count). The highest BCUT2D eigenvalue weighted by molar-refractivity contribution is 5.70. The van der Waals surface area contributed by atoms with Gasteiger partial charge < -0.3 is 14.6 Å². The van der Waals surface area contributed by atoms with Gasteiger partial charge in [-0.05, 0) is 83.5 Å². The molecule has 0 aliphatic heterocycles. The zero-order chi connectivity index (χ0) is 36.4. The zero-order valence-corrected chi connectivity index (χ0v) is 31.9. The molecule has 0 amide bonds. The van der Waals surface area contributed by atoms with Gasteiger partial charge in [-0.15, -0.1) is 0 Å². The first-order chi connectivity index (χ1) is 24.6. The standard InChI is InChI=1S/C45H72O5/c1-3-5-7-9-11-13-15-17-19-21-22-24-26-28-30-32-34-36-38-40-45(48)50-43(41-46)42-49-44(47)39-37-35-33-31-29-27-25-23-20-18-16-14-12-10-8-6-4-2/h11,13,17-20,22,24-25,27-28,30-31,33-34,36,43,46H,3-10,12,14-16,21,23,26,29,32,35,37-42H2,1-2H3/b13-11-,19-17-,20-18-,24-22-,27-25-,30-28-,33-31-,36-34-/t43-/m0/s1. The number of carbonyl (C=O) groups is 2. The second-order valence-electron chi connectivity index (χ2n) is 12.6. The third kappa shape index (κ3) is 37.6. The number of aliphatic hydroxyl groups excluding tert-OH is 1. The molecule has 0 heterocycles. The van der Waals surface area contributed by atoms with Gasteiger partial charge >= 0.3 is 11.9 Å². The van der Waals surface area contributed by atoms with E-state index in [0.29, 0.717) is 19.3 Å². The van der Waals surface area contributed by atoms with Crippen LogP contribution in [0, 0.1) is 0 Å². The van der Waals surface area contributed by atoms with Gasteiger partial charge in [0.2, 0.25) is 0 Å². The van der Waals surface area contributed by atoms with E-state index in [1.54, 1.807) is 0 Å². The van der Waals surface area contributed by atoms with Gasteiger partial charge in [-0.3, -0.25) is 9.59 Å². The lowest BCUT2D eigenvalue weighted by Crippen LogP contribution is -2.28. The quantitative estimate of drug-likeness (QED) is 0.0413. The molecule has 5 nitrogen and oxygen atoms in total. The first-order valence-electron chi connectivity index (χ1n) is 19.8. The molecular formula is C45H72O5. The Labute approximate surface area is 307 Å². The van der Waals surface area contributed by atoms with Crippen LogP contribution in [0.4, 0.5) is 0 Å². The molecule has 0 saturated carbocycles. The summed E-state index contributed by atoms with van der Waals surface area (Å²) in [6.45, 7) is 3.97. The molecule has 0 saturated heterocycles. The molecule has 0 aromatic heterocycles. The van der Waals surface area contributed by atoms with Crippen molar-refractivity contribution < 1.29 is 24.2 Å². The van der Waals surface area contributed by atoms with E-state index in [4.69, 9.17) is 9.47 Å². The molecule has 0 aliphatic carbocycles. The number of rotatable bonds is 34. The highest BCUT2D eigenvalue weighted by atomic mass is 16.6. The number of allylic oxidation sites excluding steroid dienone is 16. The highest BCUT2D eigenvalue weighted by Gasteiger charge is 2.15. The molecule has 0 unspecified atom stereocenters. The summed E-state index contributed by atoms with van der Waals surface area (Å²) >= 11 is 0. The van der Waals surface area contributed by atoms with Gasteiger partial charge in [0.15, 0.2) is 6.10 Å². The van der Waals surface area contributed by atoms with E-state index in [2.05, 4.69) is 98.9 Å². The molecule has 282 valence electrons. The number of hydrogen-bond acceptors (Lipinski definition) is 5. The fourth-order valence-electron chi connectivity index (χ4n) is 4.84. The lowest BCUT2D eigenvalue weighted by molar-refractivity contribution is -0.161. The molecule has 0 aliphatic rings. The Balaban J connectivity index is 3.81. The first kappa shape index (κ1) is 46.8. The summed E-state index contributed by atoms with van der Waals surface area (Å²) in [4.78, 5) is 24.2. The molecule has 0 fully saturated rings. The molecule has 50 heavy (non-hydrogen) atoms. The van der Waals surface area contributed by atoms with E-state index in [1.165, 1.54) is 70.6 Å². The fourth-order valence-corrected chi connectivity index (χ4v) is 4.84. The third-order valence-electron chi connectivity index (χ3n) is 7.86. The Hall–Kier alpha value is -3.18. The van der Waals surface area contributed by atoms with E-state index in [0.717, 1.165) is 44.9 Å². The van der Waals surface area contributed by atoms with Crippen LogP contribution >= 0.6 is 0 Å². The number of hydrogen-bond donors (Lipinski definition) is 1. The van der Waals surface area contributed by atoms with Crippen LogP contribution in [0.3, 0.4) is 0 Å². The van der Waals surface area contributed by atoms with Crippen LogP contribution in [0.1, 0.15) is 155 Å². The molecule has 0 aromatic rings. The summed E-state index contributed by atoms with van der Waals surface area (Å²) < 4.78 is 10.5. The van der Waals surface area contributed by atoms with Crippen LogP contribution in [0.15, 0.2) is 97.2 Å². The van der Waals surface area contributed by atoms with Gasteiger partial charge in [0.1, 0.15) is 6.61 Å². The van der Waals surface area contributed by atoms with Crippen LogP contribution in [0.5, 0.6) is 0 Å². The second kappa shape index (κ2) is 40.3. The number of aliphatic hydroxyl groups is 1. The number of unbranched alkanes of at least 4 members (excludes halogenated alkanes) is 10.